The van der Waals surface area contributed by atoms with Gasteiger partial charge < -0.3 is 15.4 Å². The molecule has 0 amide bonds. The van der Waals surface area contributed by atoms with Gasteiger partial charge in [-0.1, -0.05) is 0 Å². The minimum atomic E-state index is 0.307. The molecule has 0 fully saturated rings. The van der Waals surface area contributed by atoms with Gasteiger partial charge in [-0.2, -0.15) is 0 Å². The summed E-state index contributed by atoms with van der Waals surface area (Å²) in [6, 6.07) is 5.53. The number of nitrogens with two attached hydrogens (primary N) is 1. The van der Waals surface area contributed by atoms with E-state index in [-0.39, 0.29) is 0 Å². The third-order valence-corrected chi connectivity index (χ3v) is 3.83. The van der Waals surface area contributed by atoms with E-state index in [9.17, 15) is 5.11 Å². The van der Waals surface area contributed by atoms with Crippen LogP contribution in [0.25, 0.3) is 11.4 Å². The lowest BCUT2D eigenvalue weighted by atomic mass is 9.99. The second-order valence-corrected chi connectivity index (χ2v) is 5.19. The summed E-state index contributed by atoms with van der Waals surface area (Å²) in [5.74, 6) is 2.71. The fourth-order valence-electron chi connectivity index (χ4n) is 2.60. The smallest absolute Gasteiger partial charge is 0.163 e. The molecule has 1 atom stereocenters. The average Bonchev–Trinajstić information content (AvgIpc) is 2.84. The molecule has 3 rings (SSSR count). The number of aromatic nitrogens is 3. The van der Waals surface area contributed by atoms with Gasteiger partial charge in [0.25, 0.3) is 0 Å². The summed E-state index contributed by atoms with van der Waals surface area (Å²) in [6.45, 7) is 3.47. The summed E-state index contributed by atoms with van der Waals surface area (Å²) in [6.07, 6.45) is 2.02. The van der Waals surface area contributed by atoms with E-state index in [1.54, 1.807) is 6.07 Å². The first-order valence-corrected chi connectivity index (χ1v) is 6.61. The second-order valence-electron chi connectivity index (χ2n) is 5.19. The largest absolute Gasteiger partial charge is 0.508 e. The van der Waals surface area contributed by atoms with Gasteiger partial charge in [-0.3, -0.25) is 0 Å². The third-order valence-electron chi connectivity index (χ3n) is 3.83. The van der Waals surface area contributed by atoms with Crippen molar-refractivity contribution in [3.63, 3.8) is 0 Å². The maximum Gasteiger partial charge on any atom is 0.163 e. The molecule has 0 radical (unpaired) electrons. The normalized spacial score (nSPS) is 18.3. The van der Waals surface area contributed by atoms with E-state index in [0.29, 0.717) is 18.2 Å². The standard InChI is InChI=1S/C14H18N4O/c1-9-6-11(3-4-12(9)19)14-17-16-13-5-2-10(7-15)8-18(13)14/h3-4,6,10,19H,2,5,7-8,15H2,1H3. The van der Waals surface area contributed by atoms with Crippen molar-refractivity contribution >= 4 is 0 Å². The van der Waals surface area contributed by atoms with Crippen molar-refractivity contribution in [1.29, 1.82) is 0 Å². The third kappa shape index (κ3) is 2.10. The molecule has 1 aromatic heterocycles. The highest BCUT2D eigenvalue weighted by atomic mass is 16.3. The first-order chi connectivity index (χ1) is 9.19. The molecular weight excluding hydrogens is 240 g/mol. The van der Waals surface area contributed by atoms with Crippen molar-refractivity contribution in [2.24, 2.45) is 11.7 Å². The molecule has 100 valence electrons. The Hall–Kier alpha value is -1.88. The van der Waals surface area contributed by atoms with Crippen molar-refractivity contribution in [2.45, 2.75) is 26.3 Å². The molecule has 5 nitrogen and oxygen atoms in total. The van der Waals surface area contributed by atoms with Gasteiger partial charge in [-0.25, -0.2) is 0 Å². The number of aromatic hydroxyl groups is 1. The Morgan fingerprint density at radius 1 is 1.42 bits per heavy atom. The Morgan fingerprint density at radius 3 is 3.00 bits per heavy atom. The second kappa shape index (κ2) is 4.66. The van der Waals surface area contributed by atoms with Crippen LogP contribution in [0.4, 0.5) is 0 Å². The van der Waals surface area contributed by atoms with E-state index < -0.39 is 0 Å². The first kappa shape index (κ1) is 12.2. The van der Waals surface area contributed by atoms with Crippen LogP contribution in [-0.4, -0.2) is 26.4 Å². The quantitative estimate of drug-likeness (QED) is 0.855. The molecule has 5 heteroatoms. The molecule has 0 saturated carbocycles. The Labute approximate surface area is 112 Å². The predicted molar refractivity (Wildman–Crippen MR) is 72.7 cm³/mol. The fraction of sp³-hybridized carbons (Fsp3) is 0.429. The summed E-state index contributed by atoms with van der Waals surface area (Å²) < 4.78 is 2.16. The lowest BCUT2D eigenvalue weighted by molar-refractivity contribution is 0.375. The van der Waals surface area contributed by atoms with Crippen LogP contribution >= 0.6 is 0 Å². The van der Waals surface area contributed by atoms with Crippen LogP contribution in [0, 0.1) is 12.8 Å². The van der Waals surface area contributed by atoms with Crippen molar-refractivity contribution < 1.29 is 5.11 Å². The number of rotatable bonds is 2. The predicted octanol–water partition coefficient (Wildman–Crippen LogP) is 1.48. The monoisotopic (exact) mass is 258 g/mol. The molecule has 2 heterocycles. The minimum Gasteiger partial charge on any atom is -0.508 e. The molecule has 2 aromatic rings. The van der Waals surface area contributed by atoms with Crippen molar-refractivity contribution in [1.82, 2.24) is 14.8 Å². The van der Waals surface area contributed by atoms with Gasteiger partial charge in [0, 0.05) is 18.5 Å². The Kier molecular flexibility index (Phi) is 2.98. The highest BCUT2D eigenvalue weighted by Crippen LogP contribution is 2.28. The zero-order valence-electron chi connectivity index (χ0n) is 11.0. The van der Waals surface area contributed by atoms with E-state index in [4.69, 9.17) is 5.73 Å². The summed E-state index contributed by atoms with van der Waals surface area (Å²) in [4.78, 5) is 0. The Bertz CT molecular complexity index is 605. The lowest BCUT2D eigenvalue weighted by Gasteiger charge is -2.23. The maximum absolute atomic E-state index is 9.60. The molecule has 0 bridgehead atoms. The van der Waals surface area contributed by atoms with Gasteiger partial charge in [0.1, 0.15) is 11.6 Å². The molecular formula is C14H18N4O. The number of hydrogen-bond acceptors (Lipinski definition) is 4. The molecule has 0 spiro atoms. The van der Waals surface area contributed by atoms with Crippen LogP contribution in [0.1, 0.15) is 17.8 Å². The highest BCUT2D eigenvalue weighted by molar-refractivity contribution is 5.59. The lowest BCUT2D eigenvalue weighted by Crippen LogP contribution is -2.26. The molecule has 1 aliphatic heterocycles. The van der Waals surface area contributed by atoms with Crippen LogP contribution in [-0.2, 0) is 13.0 Å². The van der Waals surface area contributed by atoms with Crippen molar-refractivity contribution in [3.8, 4) is 17.1 Å². The van der Waals surface area contributed by atoms with Gasteiger partial charge in [0.2, 0.25) is 0 Å². The van der Waals surface area contributed by atoms with Gasteiger partial charge in [0.05, 0.1) is 0 Å². The number of fused-ring (bicyclic) bond motifs is 1. The summed E-state index contributed by atoms with van der Waals surface area (Å²) in [5, 5.41) is 18.2. The fourth-order valence-corrected chi connectivity index (χ4v) is 2.60. The minimum absolute atomic E-state index is 0.307. The van der Waals surface area contributed by atoms with E-state index in [0.717, 1.165) is 42.2 Å². The molecule has 1 aliphatic rings. The maximum atomic E-state index is 9.60. The van der Waals surface area contributed by atoms with Gasteiger partial charge in [-0.15, -0.1) is 10.2 Å². The molecule has 0 aliphatic carbocycles. The topological polar surface area (TPSA) is 77.0 Å². The highest BCUT2D eigenvalue weighted by Gasteiger charge is 2.22. The van der Waals surface area contributed by atoms with Gasteiger partial charge in [-0.05, 0) is 49.6 Å². The first-order valence-electron chi connectivity index (χ1n) is 6.61. The SMILES string of the molecule is Cc1cc(-c2nnc3n2CC(CN)CC3)ccc1O. The van der Waals surface area contributed by atoms with E-state index in [1.807, 2.05) is 19.1 Å². The number of hydrogen-bond donors (Lipinski definition) is 2. The molecule has 3 N–H and O–H groups in total. The number of phenolic OH excluding ortho intramolecular Hbond substituents is 1. The Balaban J connectivity index is 2.02. The van der Waals surface area contributed by atoms with Gasteiger partial charge in [0.15, 0.2) is 5.82 Å². The molecule has 1 unspecified atom stereocenters. The average molecular weight is 258 g/mol. The molecule has 1 aromatic carbocycles. The molecule has 19 heavy (non-hydrogen) atoms. The van der Waals surface area contributed by atoms with Crippen LogP contribution in [0.3, 0.4) is 0 Å². The number of benzene rings is 1. The van der Waals surface area contributed by atoms with Crippen LogP contribution in [0.2, 0.25) is 0 Å². The van der Waals surface area contributed by atoms with E-state index >= 15 is 0 Å². The van der Waals surface area contributed by atoms with Crippen LogP contribution < -0.4 is 5.73 Å². The van der Waals surface area contributed by atoms with Crippen molar-refractivity contribution in [2.75, 3.05) is 6.54 Å². The zero-order chi connectivity index (χ0) is 13.4. The van der Waals surface area contributed by atoms with Crippen LogP contribution in [0.15, 0.2) is 18.2 Å². The summed E-state index contributed by atoms with van der Waals surface area (Å²) in [7, 11) is 0. The van der Waals surface area contributed by atoms with Crippen LogP contribution in [0.5, 0.6) is 5.75 Å². The summed E-state index contributed by atoms with van der Waals surface area (Å²) >= 11 is 0. The Morgan fingerprint density at radius 2 is 2.26 bits per heavy atom. The zero-order valence-corrected chi connectivity index (χ0v) is 11.0. The number of aryl methyl sites for hydroxylation is 2. The van der Waals surface area contributed by atoms with Gasteiger partial charge >= 0.3 is 0 Å². The molecule has 0 saturated heterocycles. The van der Waals surface area contributed by atoms with E-state index in [2.05, 4.69) is 14.8 Å². The number of phenols is 1. The van der Waals surface area contributed by atoms with E-state index in [1.165, 1.54) is 0 Å². The summed E-state index contributed by atoms with van der Waals surface area (Å²) in [5.41, 5.74) is 7.62. The van der Waals surface area contributed by atoms with Crippen molar-refractivity contribution in [3.05, 3.63) is 29.6 Å². The number of nitrogens with zero attached hydrogens (tertiary/aromatic N) is 3.